The van der Waals surface area contributed by atoms with Crippen LogP contribution in [0.3, 0.4) is 0 Å². The number of anilines is 1. The van der Waals surface area contributed by atoms with Gasteiger partial charge in [0, 0.05) is 30.2 Å². The number of unbranched alkanes of at least 4 members (excludes halogenated alkanes) is 1. The van der Waals surface area contributed by atoms with E-state index in [1.54, 1.807) is 22.0 Å². The standard InChI is InChI=1S/C21H21N5O2S/c1-3-4-12-29-21-23-19(28)18-16-9-5-6-10-17(16)25(14(2)27)20(26(18)24-21)15-8-7-11-22-13-15/h5-11,13,20H,3-4,12H2,1-2H3/p+1/t20-/m0/s1. The molecule has 0 bridgehead atoms. The van der Waals surface area contributed by atoms with E-state index in [-0.39, 0.29) is 11.5 Å². The average molecular weight is 409 g/mol. The minimum absolute atomic E-state index is 0.133. The molecule has 29 heavy (non-hydrogen) atoms. The Labute approximate surface area is 172 Å². The second kappa shape index (κ2) is 8.16. The zero-order chi connectivity index (χ0) is 20.4. The van der Waals surface area contributed by atoms with Crippen molar-refractivity contribution in [1.29, 1.82) is 0 Å². The molecular weight excluding hydrogens is 386 g/mol. The molecule has 1 aliphatic heterocycles. The van der Waals surface area contributed by atoms with Crippen LogP contribution in [0.15, 0.2) is 58.7 Å². The largest absolute Gasteiger partial charge is 0.325 e. The fraction of sp³-hybridized carbons (Fsp3) is 0.286. The highest BCUT2D eigenvalue weighted by Crippen LogP contribution is 2.36. The van der Waals surface area contributed by atoms with Crippen molar-refractivity contribution in [1.82, 2.24) is 15.1 Å². The molecule has 0 saturated carbocycles. The Hall–Kier alpha value is -3.00. The van der Waals surface area contributed by atoms with Crippen LogP contribution >= 0.6 is 11.8 Å². The number of benzene rings is 1. The Morgan fingerprint density at radius 1 is 1.28 bits per heavy atom. The van der Waals surface area contributed by atoms with E-state index in [1.807, 2.05) is 36.4 Å². The second-order valence-corrected chi connectivity index (χ2v) is 7.90. The number of carbonyl (C=O) groups excluding carboxylic acids is 1. The van der Waals surface area contributed by atoms with Crippen LogP contribution in [0.5, 0.6) is 0 Å². The first-order valence-corrected chi connectivity index (χ1v) is 10.6. The Kier molecular flexibility index (Phi) is 5.44. The number of pyridine rings is 1. The van der Waals surface area contributed by atoms with Gasteiger partial charge in [0.2, 0.25) is 11.1 Å². The Morgan fingerprint density at radius 2 is 2.10 bits per heavy atom. The highest BCUT2D eigenvalue weighted by molar-refractivity contribution is 7.99. The third kappa shape index (κ3) is 3.55. The molecular formula is C21H22N5O2S+. The Bertz CT molecular complexity index is 1100. The molecule has 3 aromatic rings. The van der Waals surface area contributed by atoms with Crippen molar-refractivity contribution in [2.24, 2.45) is 0 Å². The third-order valence-electron chi connectivity index (χ3n) is 4.82. The molecule has 148 valence electrons. The lowest BCUT2D eigenvalue weighted by Crippen LogP contribution is -2.60. The number of carbonyl (C=O) groups is 1. The SMILES string of the molecule is CCCCSc1n[n+]2c(c(=O)[nH]1)-c1ccccc1N(C(C)=O)[C@@H]2c1cccnc1. The molecule has 0 fully saturated rings. The van der Waals surface area contributed by atoms with E-state index >= 15 is 0 Å². The van der Waals surface area contributed by atoms with Crippen molar-refractivity contribution in [3.8, 4) is 11.3 Å². The number of hydrogen-bond acceptors (Lipinski definition) is 5. The number of nitrogens with one attached hydrogen (secondary N) is 1. The third-order valence-corrected chi connectivity index (χ3v) is 5.77. The summed E-state index contributed by atoms with van der Waals surface area (Å²) in [6.45, 7) is 3.65. The number of aromatic nitrogens is 4. The Balaban J connectivity index is 1.96. The van der Waals surface area contributed by atoms with Gasteiger partial charge in [-0.05, 0) is 35.4 Å². The maximum absolute atomic E-state index is 13.1. The first kappa shape index (κ1) is 19.3. The fourth-order valence-electron chi connectivity index (χ4n) is 3.52. The maximum Gasteiger partial charge on any atom is 0.325 e. The second-order valence-electron chi connectivity index (χ2n) is 6.82. The highest BCUT2D eigenvalue weighted by Gasteiger charge is 2.44. The van der Waals surface area contributed by atoms with Crippen LogP contribution in [0.4, 0.5) is 5.69 Å². The summed E-state index contributed by atoms with van der Waals surface area (Å²) in [5.74, 6) is 0.732. The van der Waals surface area contributed by atoms with Crippen LogP contribution < -0.4 is 15.1 Å². The van der Waals surface area contributed by atoms with Crippen LogP contribution in [-0.4, -0.2) is 26.7 Å². The van der Waals surface area contributed by atoms with Gasteiger partial charge in [0.25, 0.3) is 6.17 Å². The molecule has 0 spiro atoms. The molecule has 0 aliphatic carbocycles. The number of amides is 1. The lowest BCUT2D eigenvalue weighted by Gasteiger charge is -2.31. The van der Waals surface area contributed by atoms with Gasteiger partial charge in [-0.1, -0.05) is 37.2 Å². The van der Waals surface area contributed by atoms with Gasteiger partial charge in [0.15, 0.2) is 0 Å². The van der Waals surface area contributed by atoms with Crippen molar-refractivity contribution < 1.29 is 9.48 Å². The quantitative estimate of drug-likeness (QED) is 0.399. The van der Waals surface area contributed by atoms with E-state index in [2.05, 4.69) is 16.9 Å². The number of para-hydroxylation sites is 1. The Morgan fingerprint density at radius 3 is 2.83 bits per heavy atom. The minimum atomic E-state index is -0.584. The summed E-state index contributed by atoms with van der Waals surface area (Å²) in [7, 11) is 0. The lowest BCUT2D eigenvalue weighted by molar-refractivity contribution is -0.763. The lowest BCUT2D eigenvalue weighted by atomic mass is 10.0. The molecule has 3 heterocycles. The van der Waals surface area contributed by atoms with Crippen LogP contribution in [0.1, 0.15) is 38.4 Å². The van der Waals surface area contributed by atoms with Crippen LogP contribution in [0, 0.1) is 0 Å². The molecule has 0 radical (unpaired) electrons. The van der Waals surface area contributed by atoms with Crippen LogP contribution in [0.2, 0.25) is 0 Å². The number of hydrogen-bond donors (Lipinski definition) is 1. The summed E-state index contributed by atoms with van der Waals surface area (Å²) in [5.41, 5.74) is 2.37. The van der Waals surface area contributed by atoms with E-state index in [0.717, 1.165) is 24.2 Å². The van der Waals surface area contributed by atoms with Gasteiger partial charge in [0.05, 0.1) is 16.8 Å². The van der Waals surface area contributed by atoms with Crippen LogP contribution in [-0.2, 0) is 4.79 Å². The fourth-order valence-corrected chi connectivity index (χ4v) is 4.46. The molecule has 1 amide bonds. The van der Waals surface area contributed by atoms with Gasteiger partial charge in [0.1, 0.15) is 0 Å². The van der Waals surface area contributed by atoms with Crippen molar-refractivity contribution in [2.75, 3.05) is 10.7 Å². The maximum atomic E-state index is 13.1. The molecule has 7 nitrogen and oxygen atoms in total. The minimum Gasteiger partial charge on any atom is -0.291 e. The zero-order valence-electron chi connectivity index (χ0n) is 16.3. The summed E-state index contributed by atoms with van der Waals surface area (Å²) in [6, 6.07) is 11.1. The predicted octanol–water partition coefficient (Wildman–Crippen LogP) is 2.93. The number of nitrogens with zero attached hydrogens (tertiary/aromatic N) is 4. The number of aromatic amines is 1. The molecule has 1 N–H and O–H groups in total. The topological polar surface area (TPSA) is 82.8 Å². The van der Waals surface area contributed by atoms with E-state index in [0.29, 0.717) is 22.1 Å². The summed E-state index contributed by atoms with van der Waals surface area (Å²) in [5, 5.41) is 5.28. The molecule has 1 aliphatic rings. The number of thioether (sulfide) groups is 1. The summed E-state index contributed by atoms with van der Waals surface area (Å²) < 4.78 is 1.66. The zero-order valence-corrected chi connectivity index (χ0v) is 17.1. The number of rotatable bonds is 5. The van der Waals surface area contributed by atoms with Crippen LogP contribution in [0.25, 0.3) is 11.3 Å². The van der Waals surface area contributed by atoms with Gasteiger partial charge in [-0.3, -0.25) is 19.6 Å². The highest BCUT2D eigenvalue weighted by atomic mass is 32.2. The van der Waals surface area contributed by atoms with Gasteiger partial charge in [-0.15, -0.1) is 0 Å². The molecule has 0 saturated heterocycles. The van der Waals surface area contributed by atoms with Gasteiger partial charge in [-0.25, -0.2) is 4.90 Å². The van der Waals surface area contributed by atoms with E-state index in [4.69, 9.17) is 5.10 Å². The molecule has 1 atom stereocenters. The van der Waals surface area contributed by atoms with Crippen molar-refractivity contribution in [3.05, 3.63) is 64.7 Å². The summed E-state index contributed by atoms with van der Waals surface area (Å²) in [6.07, 6.45) is 4.90. The van der Waals surface area contributed by atoms with Gasteiger partial charge >= 0.3 is 11.3 Å². The molecule has 2 aromatic heterocycles. The smallest absolute Gasteiger partial charge is 0.291 e. The first-order valence-electron chi connectivity index (χ1n) is 9.60. The molecule has 8 heteroatoms. The average Bonchev–Trinajstić information content (AvgIpc) is 2.73. The molecule has 0 unspecified atom stereocenters. The summed E-state index contributed by atoms with van der Waals surface area (Å²) in [4.78, 5) is 34.6. The van der Waals surface area contributed by atoms with Gasteiger partial charge in [-0.2, -0.15) is 0 Å². The van der Waals surface area contributed by atoms with Gasteiger partial charge < -0.3 is 0 Å². The van der Waals surface area contributed by atoms with Crippen molar-refractivity contribution in [2.45, 2.75) is 38.0 Å². The summed E-state index contributed by atoms with van der Waals surface area (Å²) >= 11 is 1.51. The first-order chi connectivity index (χ1) is 14.1. The van der Waals surface area contributed by atoms with Crippen molar-refractivity contribution >= 4 is 23.4 Å². The van der Waals surface area contributed by atoms with Crippen molar-refractivity contribution in [3.63, 3.8) is 0 Å². The predicted molar refractivity (Wildman–Crippen MR) is 112 cm³/mol. The van der Waals surface area contributed by atoms with E-state index in [1.165, 1.54) is 18.7 Å². The number of H-pyrrole nitrogens is 1. The van der Waals surface area contributed by atoms with E-state index < -0.39 is 6.17 Å². The molecule has 4 rings (SSSR count). The van der Waals surface area contributed by atoms with E-state index in [9.17, 15) is 9.59 Å². The monoisotopic (exact) mass is 408 g/mol. The number of fused-ring (bicyclic) bond motifs is 3. The molecule has 1 aromatic carbocycles. The normalized spacial score (nSPS) is 15.0.